The SMILES string of the molecule is N/C(=C\N(N)C1CCCCC1)C1CCCCC1. The summed E-state index contributed by atoms with van der Waals surface area (Å²) >= 11 is 0. The molecular formula is C14H27N3. The molecule has 17 heavy (non-hydrogen) atoms. The van der Waals surface area contributed by atoms with Gasteiger partial charge in [-0.2, -0.15) is 0 Å². The van der Waals surface area contributed by atoms with Gasteiger partial charge in [-0.1, -0.05) is 38.5 Å². The van der Waals surface area contributed by atoms with Gasteiger partial charge in [0, 0.05) is 17.9 Å². The normalized spacial score (nSPS) is 24.9. The van der Waals surface area contributed by atoms with Gasteiger partial charge in [-0.25, -0.2) is 5.84 Å². The van der Waals surface area contributed by atoms with E-state index in [9.17, 15) is 0 Å². The zero-order chi connectivity index (χ0) is 12.1. The first kappa shape index (κ1) is 12.7. The van der Waals surface area contributed by atoms with Crippen LogP contribution in [0.25, 0.3) is 0 Å². The van der Waals surface area contributed by atoms with Crippen LogP contribution >= 0.6 is 0 Å². The average Bonchev–Trinajstić information content (AvgIpc) is 2.40. The Kier molecular flexibility index (Phi) is 4.72. The molecule has 3 nitrogen and oxygen atoms in total. The third-order valence-electron chi connectivity index (χ3n) is 4.37. The topological polar surface area (TPSA) is 55.3 Å². The minimum Gasteiger partial charge on any atom is -0.401 e. The summed E-state index contributed by atoms with van der Waals surface area (Å²) in [4.78, 5) is 0. The van der Waals surface area contributed by atoms with Crippen LogP contribution in [-0.2, 0) is 0 Å². The molecule has 2 fully saturated rings. The lowest BCUT2D eigenvalue weighted by Crippen LogP contribution is -2.39. The van der Waals surface area contributed by atoms with Crippen LogP contribution in [0.5, 0.6) is 0 Å². The van der Waals surface area contributed by atoms with Gasteiger partial charge >= 0.3 is 0 Å². The number of hydrogen-bond donors (Lipinski definition) is 2. The van der Waals surface area contributed by atoms with Crippen molar-refractivity contribution in [3.8, 4) is 0 Å². The van der Waals surface area contributed by atoms with Gasteiger partial charge in [0.2, 0.25) is 0 Å². The van der Waals surface area contributed by atoms with Crippen molar-refractivity contribution in [2.45, 2.75) is 70.3 Å². The smallest absolute Gasteiger partial charge is 0.0446 e. The molecule has 2 aliphatic carbocycles. The van der Waals surface area contributed by atoms with Crippen molar-refractivity contribution in [1.82, 2.24) is 5.01 Å². The van der Waals surface area contributed by atoms with Gasteiger partial charge in [-0.3, -0.25) is 0 Å². The first-order chi connectivity index (χ1) is 8.27. The van der Waals surface area contributed by atoms with Crippen molar-refractivity contribution in [3.63, 3.8) is 0 Å². The van der Waals surface area contributed by atoms with Gasteiger partial charge in [0.15, 0.2) is 0 Å². The number of allylic oxidation sites excluding steroid dienone is 1. The highest BCUT2D eigenvalue weighted by atomic mass is 15.4. The van der Waals surface area contributed by atoms with Crippen LogP contribution in [0, 0.1) is 5.92 Å². The lowest BCUT2D eigenvalue weighted by atomic mass is 9.87. The standard InChI is InChI=1S/C14H27N3/c15-14(12-7-3-1-4-8-12)11-17(16)13-9-5-2-6-10-13/h11-13H,1-10,15-16H2/b14-11-. The van der Waals surface area contributed by atoms with E-state index in [0.717, 1.165) is 5.70 Å². The minimum atomic E-state index is 0.519. The van der Waals surface area contributed by atoms with Gasteiger partial charge in [-0.05, 0) is 31.6 Å². The molecule has 3 heteroatoms. The maximum absolute atomic E-state index is 6.20. The Balaban J connectivity index is 1.87. The summed E-state index contributed by atoms with van der Waals surface area (Å²) in [5.74, 6) is 6.71. The molecule has 2 saturated carbocycles. The van der Waals surface area contributed by atoms with E-state index in [1.165, 1.54) is 64.2 Å². The summed E-state index contributed by atoms with van der Waals surface area (Å²) in [7, 11) is 0. The van der Waals surface area contributed by atoms with Gasteiger partial charge in [0.1, 0.15) is 0 Å². The fourth-order valence-electron chi connectivity index (χ4n) is 3.20. The van der Waals surface area contributed by atoms with Crippen LogP contribution in [-0.4, -0.2) is 11.1 Å². The molecule has 0 radical (unpaired) electrons. The second-order valence-electron chi connectivity index (χ2n) is 5.70. The number of nitrogens with two attached hydrogens (primary N) is 2. The van der Waals surface area contributed by atoms with E-state index in [1.807, 2.05) is 11.2 Å². The van der Waals surface area contributed by atoms with Crippen LogP contribution in [0.15, 0.2) is 11.9 Å². The van der Waals surface area contributed by atoms with Crippen LogP contribution in [0.2, 0.25) is 0 Å². The highest BCUT2D eigenvalue weighted by Gasteiger charge is 2.19. The van der Waals surface area contributed by atoms with E-state index in [-0.39, 0.29) is 0 Å². The predicted octanol–water partition coefficient (Wildman–Crippen LogP) is 2.88. The molecular weight excluding hydrogens is 210 g/mol. The number of nitrogens with zero attached hydrogens (tertiary/aromatic N) is 1. The van der Waals surface area contributed by atoms with Gasteiger partial charge < -0.3 is 10.7 Å². The van der Waals surface area contributed by atoms with Gasteiger partial charge in [0.25, 0.3) is 0 Å². The summed E-state index contributed by atoms with van der Waals surface area (Å²) in [6.45, 7) is 0. The molecule has 0 atom stereocenters. The van der Waals surface area contributed by atoms with Crippen molar-refractivity contribution < 1.29 is 0 Å². The first-order valence-corrected chi connectivity index (χ1v) is 7.27. The monoisotopic (exact) mass is 237 g/mol. The third kappa shape index (κ3) is 3.63. The molecule has 0 aromatic heterocycles. The number of hydrazine groups is 1. The second-order valence-corrected chi connectivity index (χ2v) is 5.70. The van der Waals surface area contributed by atoms with E-state index in [4.69, 9.17) is 11.6 Å². The van der Waals surface area contributed by atoms with Crippen molar-refractivity contribution in [2.75, 3.05) is 0 Å². The Bertz CT molecular complexity index is 250. The molecule has 0 amide bonds. The Labute approximate surface area is 105 Å². The van der Waals surface area contributed by atoms with Crippen molar-refractivity contribution >= 4 is 0 Å². The van der Waals surface area contributed by atoms with Crippen LogP contribution in [0.3, 0.4) is 0 Å². The molecule has 2 aliphatic rings. The summed E-state index contributed by atoms with van der Waals surface area (Å²) in [6, 6.07) is 0.519. The molecule has 0 aliphatic heterocycles. The highest BCUT2D eigenvalue weighted by Crippen LogP contribution is 2.28. The van der Waals surface area contributed by atoms with Crippen LogP contribution < -0.4 is 11.6 Å². The number of rotatable bonds is 3. The fourth-order valence-corrected chi connectivity index (χ4v) is 3.20. The zero-order valence-corrected chi connectivity index (χ0v) is 10.9. The molecule has 0 bridgehead atoms. The lowest BCUT2D eigenvalue weighted by Gasteiger charge is -2.31. The molecule has 0 unspecified atom stereocenters. The first-order valence-electron chi connectivity index (χ1n) is 7.27. The molecule has 4 N–H and O–H groups in total. The van der Waals surface area contributed by atoms with Crippen molar-refractivity contribution in [2.24, 2.45) is 17.5 Å². The van der Waals surface area contributed by atoms with E-state index >= 15 is 0 Å². The largest absolute Gasteiger partial charge is 0.401 e. The van der Waals surface area contributed by atoms with Crippen molar-refractivity contribution in [3.05, 3.63) is 11.9 Å². The maximum Gasteiger partial charge on any atom is 0.0446 e. The van der Waals surface area contributed by atoms with Crippen LogP contribution in [0.1, 0.15) is 64.2 Å². The molecule has 0 spiro atoms. The van der Waals surface area contributed by atoms with Crippen molar-refractivity contribution in [1.29, 1.82) is 0 Å². The molecule has 0 aromatic carbocycles. The molecule has 0 heterocycles. The van der Waals surface area contributed by atoms with E-state index in [2.05, 4.69) is 0 Å². The average molecular weight is 237 g/mol. The summed E-state index contributed by atoms with van der Waals surface area (Å²) in [5, 5.41) is 1.89. The second kappa shape index (κ2) is 6.29. The Morgan fingerprint density at radius 1 is 0.882 bits per heavy atom. The quantitative estimate of drug-likeness (QED) is 0.586. The number of hydrogen-bond acceptors (Lipinski definition) is 3. The fraction of sp³-hybridized carbons (Fsp3) is 0.857. The highest BCUT2D eigenvalue weighted by molar-refractivity contribution is 5.02. The van der Waals surface area contributed by atoms with Gasteiger partial charge in [-0.15, -0.1) is 0 Å². The Morgan fingerprint density at radius 3 is 2.00 bits per heavy atom. The molecule has 2 rings (SSSR count). The van der Waals surface area contributed by atoms with Crippen LogP contribution in [0.4, 0.5) is 0 Å². The van der Waals surface area contributed by atoms with Gasteiger partial charge in [0.05, 0.1) is 0 Å². The summed E-state index contributed by atoms with van der Waals surface area (Å²) < 4.78 is 0. The summed E-state index contributed by atoms with van der Waals surface area (Å²) in [5.41, 5.74) is 7.21. The maximum atomic E-state index is 6.20. The summed E-state index contributed by atoms with van der Waals surface area (Å²) in [6.07, 6.45) is 15.0. The zero-order valence-electron chi connectivity index (χ0n) is 10.9. The van der Waals surface area contributed by atoms with E-state index < -0.39 is 0 Å². The third-order valence-corrected chi connectivity index (χ3v) is 4.37. The minimum absolute atomic E-state index is 0.519. The van der Waals surface area contributed by atoms with E-state index in [1.54, 1.807) is 0 Å². The molecule has 0 aromatic rings. The lowest BCUT2D eigenvalue weighted by molar-refractivity contribution is 0.218. The molecule has 0 saturated heterocycles. The molecule has 98 valence electrons. The Hall–Kier alpha value is -0.700. The van der Waals surface area contributed by atoms with E-state index in [0.29, 0.717) is 12.0 Å². The predicted molar refractivity (Wildman–Crippen MR) is 71.7 cm³/mol. The Morgan fingerprint density at radius 2 is 1.41 bits per heavy atom.